The van der Waals surface area contributed by atoms with Crippen molar-refractivity contribution in [1.29, 1.82) is 0 Å². The van der Waals surface area contributed by atoms with Gasteiger partial charge in [0, 0.05) is 24.0 Å². The molecule has 2 bridgehead atoms. The van der Waals surface area contributed by atoms with Crippen molar-refractivity contribution < 1.29 is 32.3 Å². The van der Waals surface area contributed by atoms with E-state index in [2.05, 4.69) is 10.6 Å². The Hall–Kier alpha value is -4.53. The molecule has 9 heteroatoms. The highest BCUT2D eigenvalue weighted by molar-refractivity contribution is 6.12. The predicted molar refractivity (Wildman–Crippen MR) is 148 cm³/mol. The smallest absolute Gasteiger partial charge is 0.310 e. The van der Waals surface area contributed by atoms with E-state index in [9.17, 15) is 23.2 Å². The number of esters is 1. The maximum atomic E-state index is 14.9. The van der Waals surface area contributed by atoms with E-state index < -0.39 is 29.4 Å². The lowest BCUT2D eigenvalue weighted by Gasteiger charge is -2.24. The molecule has 3 aromatic carbocycles. The zero-order valence-electron chi connectivity index (χ0n) is 22.6. The molecule has 4 aromatic rings. The maximum absolute atomic E-state index is 14.9. The van der Waals surface area contributed by atoms with Crippen LogP contribution in [0.4, 0.5) is 8.78 Å². The second-order valence-corrected chi connectivity index (χ2v) is 10.8. The Kier molecular flexibility index (Phi) is 6.81. The number of furan rings is 1. The van der Waals surface area contributed by atoms with Crippen LogP contribution >= 0.6 is 0 Å². The number of hydrogen-bond donors (Lipinski definition) is 2. The van der Waals surface area contributed by atoms with E-state index in [1.54, 1.807) is 12.1 Å². The lowest BCUT2D eigenvalue weighted by molar-refractivity contribution is -0.139. The van der Waals surface area contributed by atoms with Crippen molar-refractivity contribution in [3.8, 4) is 22.5 Å². The summed E-state index contributed by atoms with van der Waals surface area (Å²) in [6.07, 6.45) is 2.98. The lowest BCUT2D eigenvalue weighted by atomic mass is 9.84. The third kappa shape index (κ3) is 4.85. The number of nitrogens with one attached hydrogen (secondary N) is 2. The first-order chi connectivity index (χ1) is 19.7. The molecular formula is C32H28F2N2O5. The molecular weight excluding hydrogens is 530 g/mol. The molecule has 1 heterocycles. The minimum atomic E-state index is -0.653. The highest BCUT2D eigenvalue weighted by atomic mass is 19.1. The lowest BCUT2D eigenvalue weighted by Crippen LogP contribution is -2.36. The van der Waals surface area contributed by atoms with E-state index in [0.717, 1.165) is 19.3 Å². The van der Waals surface area contributed by atoms with Gasteiger partial charge in [0.15, 0.2) is 0 Å². The van der Waals surface area contributed by atoms with Gasteiger partial charge in [-0.15, -0.1) is 0 Å². The molecule has 1 unspecified atom stereocenters. The Balaban J connectivity index is 1.48. The Bertz CT molecular complexity index is 1690. The van der Waals surface area contributed by atoms with Crippen LogP contribution in [0.1, 0.15) is 45.5 Å². The van der Waals surface area contributed by atoms with E-state index in [4.69, 9.17) is 9.15 Å². The van der Waals surface area contributed by atoms with Crippen LogP contribution in [0.25, 0.3) is 33.4 Å². The van der Waals surface area contributed by atoms with Gasteiger partial charge in [0.05, 0.1) is 24.7 Å². The summed E-state index contributed by atoms with van der Waals surface area (Å²) in [5.74, 6) is -1.19. The molecule has 41 heavy (non-hydrogen) atoms. The molecule has 3 fully saturated rings. The normalized spacial score (nSPS) is 19.1. The molecule has 1 atom stereocenters. The van der Waals surface area contributed by atoms with Crippen LogP contribution in [0.3, 0.4) is 0 Å². The topological polar surface area (TPSA) is 97.6 Å². The molecule has 7 nitrogen and oxygen atoms in total. The van der Waals surface area contributed by atoms with Gasteiger partial charge in [0.2, 0.25) is 0 Å². The summed E-state index contributed by atoms with van der Waals surface area (Å²) in [6, 6.07) is 13.1. The van der Waals surface area contributed by atoms with E-state index in [0.29, 0.717) is 45.1 Å². The summed E-state index contributed by atoms with van der Waals surface area (Å²) in [7, 11) is 2.76. The Morgan fingerprint density at radius 3 is 2.34 bits per heavy atom. The Morgan fingerprint density at radius 2 is 1.68 bits per heavy atom. The molecule has 0 saturated heterocycles. The molecule has 0 radical (unpaired) electrons. The zero-order chi connectivity index (χ0) is 28.8. The molecule has 7 rings (SSSR count). The SMILES string of the molecule is CNC(=O)c1c(-c2ccc(F)cc2)oc2cc(CC(=O)OC)c(-c3ccc(F)c(C(=O)NC4CC5CC4C5)c3)cc12. The molecule has 2 N–H and O–H groups in total. The first-order valence-electron chi connectivity index (χ1n) is 13.5. The fourth-order valence-electron chi connectivity index (χ4n) is 6.13. The molecule has 0 spiro atoms. The highest BCUT2D eigenvalue weighted by Gasteiger charge is 2.45. The number of amides is 2. The number of rotatable bonds is 7. The van der Waals surface area contributed by atoms with Gasteiger partial charge < -0.3 is 19.8 Å². The minimum Gasteiger partial charge on any atom is -0.469 e. The summed E-state index contributed by atoms with van der Waals surface area (Å²) in [6.45, 7) is 0. The van der Waals surface area contributed by atoms with Gasteiger partial charge in [-0.05, 0) is 96.3 Å². The van der Waals surface area contributed by atoms with Crippen LogP contribution in [-0.4, -0.2) is 38.0 Å². The van der Waals surface area contributed by atoms with Crippen LogP contribution in [0.15, 0.2) is 59.0 Å². The van der Waals surface area contributed by atoms with Crippen molar-refractivity contribution in [2.24, 2.45) is 11.8 Å². The van der Waals surface area contributed by atoms with Gasteiger partial charge in [-0.3, -0.25) is 14.4 Å². The van der Waals surface area contributed by atoms with Gasteiger partial charge >= 0.3 is 5.97 Å². The summed E-state index contributed by atoms with van der Waals surface area (Å²) in [4.78, 5) is 38.6. The Morgan fingerprint density at radius 1 is 0.951 bits per heavy atom. The first kappa shape index (κ1) is 26.7. The average molecular weight is 559 g/mol. The Labute approximate surface area is 234 Å². The minimum absolute atomic E-state index is 0.0488. The van der Waals surface area contributed by atoms with E-state index in [1.165, 1.54) is 56.6 Å². The third-order valence-corrected chi connectivity index (χ3v) is 8.30. The largest absolute Gasteiger partial charge is 0.469 e. The van der Waals surface area contributed by atoms with Crippen LogP contribution in [0.2, 0.25) is 0 Å². The van der Waals surface area contributed by atoms with Crippen LogP contribution in [0.5, 0.6) is 0 Å². The molecule has 3 aliphatic rings. The maximum Gasteiger partial charge on any atom is 0.310 e. The second kappa shape index (κ2) is 10.5. The van der Waals surface area contributed by atoms with Crippen molar-refractivity contribution in [2.75, 3.05) is 14.2 Å². The van der Waals surface area contributed by atoms with Gasteiger partial charge in [0.25, 0.3) is 11.8 Å². The number of benzene rings is 3. The average Bonchev–Trinajstić information content (AvgIpc) is 3.64. The third-order valence-electron chi connectivity index (χ3n) is 8.30. The summed E-state index contributed by atoms with van der Waals surface area (Å²) in [5, 5.41) is 6.06. The standard InChI is InChI=1S/C32H28F2N2O5/c1-35-32(39)29-24-15-22(18-5-8-25(34)23(12-18)31(38)36-26-11-16-9-20(26)10-16)19(14-28(37)40-2)13-27(24)41-30(29)17-3-6-21(33)7-4-17/h3-8,12-13,15-16,20,26H,9-11,14H2,1-2H3,(H,35,39)(H,36,38). The van der Waals surface area contributed by atoms with E-state index in [-0.39, 0.29) is 29.3 Å². The van der Waals surface area contributed by atoms with Crippen LogP contribution in [-0.2, 0) is 16.0 Å². The monoisotopic (exact) mass is 558 g/mol. The van der Waals surface area contributed by atoms with Gasteiger partial charge in [-0.25, -0.2) is 8.78 Å². The van der Waals surface area contributed by atoms with Crippen molar-refractivity contribution in [3.05, 3.63) is 82.9 Å². The van der Waals surface area contributed by atoms with E-state index >= 15 is 0 Å². The summed E-state index contributed by atoms with van der Waals surface area (Å²) in [5.41, 5.74) is 2.44. The highest BCUT2D eigenvalue weighted by Crippen LogP contribution is 2.48. The second-order valence-electron chi connectivity index (χ2n) is 10.8. The molecule has 3 aliphatic carbocycles. The number of fused-ring (bicyclic) bond motifs is 2. The van der Waals surface area contributed by atoms with Crippen LogP contribution < -0.4 is 10.6 Å². The van der Waals surface area contributed by atoms with Gasteiger partial charge in [-0.1, -0.05) is 6.07 Å². The number of halogens is 2. The number of carbonyl (C=O) groups excluding carboxylic acids is 3. The van der Waals surface area contributed by atoms with Crippen molar-refractivity contribution in [1.82, 2.24) is 10.6 Å². The van der Waals surface area contributed by atoms with Gasteiger partial charge in [-0.2, -0.15) is 0 Å². The van der Waals surface area contributed by atoms with E-state index in [1.807, 2.05) is 0 Å². The molecule has 3 saturated carbocycles. The number of ether oxygens (including phenoxy) is 1. The zero-order valence-corrected chi connectivity index (χ0v) is 22.6. The quantitative estimate of drug-likeness (QED) is 0.286. The molecule has 210 valence electrons. The first-order valence-corrected chi connectivity index (χ1v) is 13.5. The molecule has 2 amide bonds. The number of hydrogen-bond acceptors (Lipinski definition) is 5. The number of methoxy groups -OCH3 is 1. The van der Waals surface area contributed by atoms with Gasteiger partial charge in [0.1, 0.15) is 23.0 Å². The van der Waals surface area contributed by atoms with Crippen molar-refractivity contribution in [3.63, 3.8) is 0 Å². The predicted octanol–water partition coefficient (Wildman–Crippen LogP) is 5.65. The summed E-state index contributed by atoms with van der Waals surface area (Å²) < 4.78 is 39.6. The molecule has 0 aliphatic heterocycles. The fraction of sp³-hybridized carbons (Fsp3) is 0.281. The van der Waals surface area contributed by atoms with Crippen LogP contribution in [0, 0.1) is 23.5 Å². The number of carbonyl (C=O) groups is 3. The summed E-state index contributed by atoms with van der Waals surface area (Å²) >= 11 is 0. The van der Waals surface area contributed by atoms with Crippen molar-refractivity contribution in [2.45, 2.75) is 31.7 Å². The molecule has 1 aromatic heterocycles. The fourth-order valence-corrected chi connectivity index (χ4v) is 6.13. The van der Waals surface area contributed by atoms with Crippen molar-refractivity contribution >= 4 is 28.8 Å².